The number of nitrogens with zero attached hydrogens (tertiary/aromatic N) is 1. The van der Waals surface area contributed by atoms with Gasteiger partial charge in [0.1, 0.15) is 5.15 Å². The summed E-state index contributed by atoms with van der Waals surface area (Å²) in [6.07, 6.45) is 5.86. The summed E-state index contributed by atoms with van der Waals surface area (Å²) in [6, 6.07) is 3.98. The molecular formula is C12H17ClN2. The van der Waals surface area contributed by atoms with Crippen molar-refractivity contribution in [2.75, 3.05) is 0 Å². The van der Waals surface area contributed by atoms with E-state index in [1.165, 1.54) is 19.3 Å². The molecule has 0 radical (unpaired) electrons. The van der Waals surface area contributed by atoms with Crippen molar-refractivity contribution >= 4 is 11.6 Å². The van der Waals surface area contributed by atoms with Crippen molar-refractivity contribution in [3.63, 3.8) is 0 Å². The van der Waals surface area contributed by atoms with Crippen LogP contribution in [0, 0.1) is 6.92 Å². The van der Waals surface area contributed by atoms with Gasteiger partial charge in [-0.25, -0.2) is 4.98 Å². The molecule has 2 N–H and O–H groups in total. The van der Waals surface area contributed by atoms with Gasteiger partial charge in [-0.1, -0.05) is 30.9 Å². The fourth-order valence-electron chi connectivity index (χ4n) is 2.39. The topological polar surface area (TPSA) is 38.9 Å². The van der Waals surface area contributed by atoms with Crippen LogP contribution in [0.1, 0.15) is 43.4 Å². The van der Waals surface area contributed by atoms with Crippen molar-refractivity contribution in [1.29, 1.82) is 0 Å². The first-order chi connectivity index (χ1) is 7.10. The average Bonchev–Trinajstić information content (AvgIpc) is 2.17. The van der Waals surface area contributed by atoms with Crippen molar-refractivity contribution in [2.24, 2.45) is 5.73 Å². The monoisotopic (exact) mass is 224 g/mol. The van der Waals surface area contributed by atoms with Gasteiger partial charge in [-0.2, -0.15) is 0 Å². The minimum Gasteiger partial charge on any atom is -0.321 e. The fourth-order valence-corrected chi connectivity index (χ4v) is 2.64. The van der Waals surface area contributed by atoms with Gasteiger partial charge >= 0.3 is 0 Å². The first-order valence-corrected chi connectivity index (χ1v) is 5.91. The lowest BCUT2D eigenvalue weighted by Gasteiger charge is -2.34. The van der Waals surface area contributed by atoms with E-state index in [-0.39, 0.29) is 5.54 Å². The Morgan fingerprint density at radius 2 is 1.93 bits per heavy atom. The van der Waals surface area contributed by atoms with Crippen molar-refractivity contribution in [3.05, 3.63) is 28.5 Å². The second kappa shape index (κ2) is 4.11. The van der Waals surface area contributed by atoms with E-state index >= 15 is 0 Å². The minimum atomic E-state index is -0.171. The molecule has 0 atom stereocenters. The number of pyridine rings is 1. The largest absolute Gasteiger partial charge is 0.321 e. The minimum absolute atomic E-state index is 0.171. The number of nitrogens with two attached hydrogens (primary N) is 1. The first-order valence-electron chi connectivity index (χ1n) is 5.54. The third-order valence-electron chi connectivity index (χ3n) is 3.24. The number of aryl methyl sites for hydroxylation is 1. The SMILES string of the molecule is Cc1cc(C2(N)CCCCC2)cc(Cl)n1. The normalized spacial score (nSPS) is 20.2. The van der Waals surface area contributed by atoms with E-state index < -0.39 is 0 Å². The summed E-state index contributed by atoms with van der Waals surface area (Å²) in [5.74, 6) is 0. The van der Waals surface area contributed by atoms with E-state index in [1.54, 1.807) is 0 Å². The Kier molecular flexibility index (Phi) is 2.98. The molecule has 1 aliphatic carbocycles. The summed E-state index contributed by atoms with van der Waals surface area (Å²) in [6.45, 7) is 1.96. The molecule has 2 rings (SSSR count). The maximum Gasteiger partial charge on any atom is 0.129 e. The molecule has 0 bridgehead atoms. The summed E-state index contributed by atoms with van der Waals surface area (Å²) in [4.78, 5) is 4.17. The summed E-state index contributed by atoms with van der Waals surface area (Å²) >= 11 is 5.96. The number of hydrogen-bond donors (Lipinski definition) is 1. The van der Waals surface area contributed by atoms with Crippen molar-refractivity contribution < 1.29 is 0 Å². The smallest absolute Gasteiger partial charge is 0.129 e. The molecule has 1 heterocycles. The van der Waals surface area contributed by atoms with E-state index in [0.29, 0.717) is 5.15 Å². The Bertz CT molecular complexity index is 336. The maximum atomic E-state index is 6.43. The second-order valence-electron chi connectivity index (χ2n) is 4.54. The Hall–Kier alpha value is -0.600. The molecule has 0 unspecified atom stereocenters. The van der Waals surface area contributed by atoms with Crippen LogP contribution in [0.5, 0.6) is 0 Å². The van der Waals surface area contributed by atoms with Gasteiger partial charge in [0, 0.05) is 11.2 Å². The molecule has 82 valence electrons. The highest BCUT2D eigenvalue weighted by molar-refractivity contribution is 6.29. The molecular weight excluding hydrogens is 208 g/mol. The standard InChI is InChI=1S/C12H17ClN2/c1-9-7-10(8-11(13)15-9)12(14)5-3-2-4-6-12/h7-8H,2-6,14H2,1H3. The molecule has 0 amide bonds. The Morgan fingerprint density at radius 3 is 2.53 bits per heavy atom. The molecule has 3 heteroatoms. The van der Waals surface area contributed by atoms with Crippen molar-refractivity contribution in [3.8, 4) is 0 Å². The van der Waals surface area contributed by atoms with E-state index in [2.05, 4.69) is 11.1 Å². The molecule has 1 aromatic heterocycles. The Balaban J connectivity index is 2.34. The van der Waals surface area contributed by atoms with Gasteiger partial charge in [0.25, 0.3) is 0 Å². The summed E-state index contributed by atoms with van der Waals surface area (Å²) in [7, 11) is 0. The zero-order valence-electron chi connectivity index (χ0n) is 9.09. The highest BCUT2D eigenvalue weighted by atomic mass is 35.5. The van der Waals surface area contributed by atoms with Gasteiger partial charge in [-0.3, -0.25) is 0 Å². The van der Waals surface area contributed by atoms with Crippen LogP contribution in [0.4, 0.5) is 0 Å². The molecule has 1 aromatic rings. The first kappa shape index (κ1) is 10.9. The lowest BCUT2D eigenvalue weighted by atomic mass is 9.77. The summed E-state index contributed by atoms with van der Waals surface area (Å²) < 4.78 is 0. The predicted molar refractivity (Wildman–Crippen MR) is 62.9 cm³/mol. The van der Waals surface area contributed by atoms with Crippen molar-refractivity contribution in [1.82, 2.24) is 4.98 Å². The van der Waals surface area contributed by atoms with E-state index in [9.17, 15) is 0 Å². The number of halogens is 1. The summed E-state index contributed by atoms with van der Waals surface area (Å²) in [5, 5.41) is 0.556. The van der Waals surface area contributed by atoms with Gasteiger partial charge in [0.2, 0.25) is 0 Å². The Labute approximate surface area is 95.8 Å². The van der Waals surface area contributed by atoms with Crippen LogP contribution in [-0.2, 0) is 5.54 Å². The maximum absolute atomic E-state index is 6.43. The highest BCUT2D eigenvalue weighted by Gasteiger charge is 2.29. The van der Waals surface area contributed by atoms with Crippen LogP contribution in [0.3, 0.4) is 0 Å². The van der Waals surface area contributed by atoms with Crippen LogP contribution in [0.15, 0.2) is 12.1 Å². The molecule has 1 fully saturated rings. The zero-order chi connectivity index (χ0) is 10.9. The number of rotatable bonds is 1. The lowest BCUT2D eigenvalue weighted by molar-refractivity contribution is 0.302. The average molecular weight is 225 g/mol. The lowest BCUT2D eigenvalue weighted by Crippen LogP contribution is -2.38. The van der Waals surface area contributed by atoms with Gasteiger partial charge in [-0.15, -0.1) is 0 Å². The van der Waals surface area contributed by atoms with Gasteiger partial charge in [0.15, 0.2) is 0 Å². The molecule has 1 saturated carbocycles. The van der Waals surface area contributed by atoms with Crippen molar-refractivity contribution in [2.45, 2.75) is 44.6 Å². The van der Waals surface area contributed by atoms with E-state index in [1.807, 2.05) is 13.0 Å². The number of aromatic nitrogens is 1. The Morgan fingerprint density at radius 1 is 1.27 bits per heavy atom. The highest BCUT2D eigenvalue weighted by Crippen LogP contribution is 2.35. The molecule has 2 nitrogen and oxygen atoms in total. The molecule has 0 saturated heterocycles. The van der Waals surface area contributed by atoms with Crippen LogP contribution < -0.4 is 5.73 Å². The fraction of sp³-hybridized carbons (Fsp3) is 0.583. The molecule has 0 aromatic carbocycles. The van der Waals surface area contributed by atoms with Crippen LogP contribution in [0.2, 0.25) is 5.15 Å². The third-order valence-corrected chi connectivity index (χ3v) is 3.44. The van der Waals surface area contributed by atoms with Gasteiger partial charge < -0.3 is 5.73 Å². The van der Waals surface area contributed by atoms with Crippen LogP contribution in [0.25, 0.3) is 0 Å². The van der Waals surface area contributed by atoms with Gasteiger partial charge in [-0.05, 0) is 37.5 Å². The third kappa shape index (κ3) is 2.32. The molecule has 15 heavy (non-hydrogen) atoms. The predicted octanol–water partition coefficient (Wildman–Crippen LogP) is 3.16. The molecule has 0 spiro atoms. The molecule has 1 aliphatic rings. The molecule has 0 aliphatic heterocycles. The second-order valence-corrected chi connectivity index (χ2v) is 4.92. The van der Waals surface area contributed by atoms with Crippen LogP contribution in [-0.4, -0.2) is 4.98 Å². The number of hydrogen-bond acceptors (Lipinski definition) is 2. The van der Waals surface area contributed by atoms with E-state index in [0.717, 1.165) is 24.1 Å². The van der Waals surface area contributed by atoms with E-state index in [4.69, 9.17) is 17.3 Å². The van der Waals surface area contributed by atoms with Gasteiger partial charge in [0.05, 0.1) is 0 Å². The van der Waals surface area contributed by atoms with Crippen LogP contribution >= 0.6 is 11.6 Å². The summed E-state index contributed by atoms with van der Waals surface area (Å²) in [5.41, 5.74) is 8.36. The zero-order valence-corrected chi connectivity index (χ0v) is 9.85. The quantitative estimate of drug-likeness (QED) is 0.745.